The maximum absolute atomic E-state index is 12.1. The maximum Gasteiger partial charge on any atom is 0.305 e. The first-order valence-corrected chi connectivity index (χ1v) is 17.6. The number of aliphatic hydroxyl groups is 1. The van der Waals surface area contributed by atoms with Gasteiger partial charge >= 0.3 is 11.9 Å². The van der Waals surface area contributed by atoms with Crippen LogP contribution in [-0.2, 0) is 19.1 Å². The number of esters is 2. The molecule has 0 aliphatic rings. The molecule has 7 nitrogen and oxygen atoms in total. The number of hydrogen-bond donors (Lipinski definition) is 1. The van der Waals surface area contributed by atoms with E-state index in [2.05, 4.69) is 42.0 Å². The van der Waals surface area contributed by atoms with E-state index in [4.69, 9.17) is 9.47 Å². The van der Waals surface area contributed by atoms with E-state index >= 15 is 0 Å². The lowest BCUT2D eigenvalue weighted by molar-refractivity contribution is -0.914. The molecule has 0 saturated heterocycles. The molecule has 0 atom stereocenters. The van der Waals surface area contributed by atoms with Crippen molar-refractivity contribution in [1.82, 2.24) is 0 Å². The minimum absolute atomic E-state index is 0.108. The highest BCUT2D eigenvalue weighted by Gasteiger charge is 2.27. The number of quaternary nitrogens is 2. The molecule has 0 rings (SSSR count). The molecule has 1 N–H and O–H groups in total. The third kappa shape index (κ3) is 27.6. The second-order valence-corrected chi connectivity index (χ2v) is 13.9. The first-order chi connectivity index (χ1) is 20.0. The summed E-state index contributed by atoms with van der Waals surface area (Å²) in [4.78, 5) is 24.2. The summed E-state index contributed by atoms with van der Waals surface area (Å²) in [6.07, 6.45) is 22.7. The fourth-order valence-corrected chi connectivity index (χ4v) is 5.50. The molecular weight excluding hydrogens is 528 g/mol. The lowest BCUT2D eigenvalue weighted by atomic mass is 10.1. The number of carbonyl (C=O) groups excluding carboxylic acids is 2. The zero-order chi connectivity index (χ0) is 31.5. The van der Waals surface area contributed by atoms with Crippen molar-refractivity contribution in [2.45, 2.75) is 148 Å². The minimum atomic E-state index is -0.495. The van der Waals surface area contributed by atoms with Gasteiger partial charge in [-0.25, -0.2) is 0 Å². The molecule has 0 aromatic rings. The van der Waals surface area contributed by atoms with E-state index in [1.807, 2.05) is 0 Å². The number of unbranched alkanes of at least 4 members (excludes halogenated alkanes) is 16. The fourth-order valence-electron chi connectivity index (χ4n) is 5.50. The van der Waals surface area contributed by atoms with Crippen molar-refractivity contribution >= 4 is 11.9 Å². The van der Waals surface area contributed by atoms with Crippen LogP contribution in [0.1, 0.15) is 142 Å². The van der Waals surface area contributed by atoms with Crippen molar-refractivity contribution in [1.29, 1.82) is 0 Å². The Morgan fingerprint density at radius 3 is 1.12 bits per heavy atom. The van der Waals surface area contributed by atoms with E-state index in [0.29, 0.717) is 61.2 Å². The van der Waals surface area contributed by atoms with Gasteiger partial charge in [0, 0.05) is 12.8 Å². The molecule has 42 heavy (non-hydrogen) atoms. The third-order valence-corrected chi connectivity index (χ3v) is 8.30. The zero-order valence-electron chi connectivity index (χ0n) is 28.9. The second kappa shape index (κ2) is 26.2. The smallest absolute Gasteiger partial charge is 0.305 e. The molecule has 0 fully saturated rings. The highest BCUT2D eigenvalue weighted by Crippen LogP contribution is 2.12. The first-order valence-electron chi connectivity index (χ1n) is 17.6. The van der Waals surface area contributed by atoms with E-state index in [0.717, 1.165) is 25.7 Å². The average Bonchev–Trinajstić information content (AvgIpc) is 2.90. The third-order valence-electron chi connectivity index (χ3n) is 8.30. The van der Waals surface area contributed by atoms with Crippen LogP contribution in [0.3, 0.4) is 0 Å². The standard InChI is InChI=1S/C35H72N2O5/c1-7-9-11-13-15-17-19-21-23-25-34(39)41-29-27-36(3,4)31-33(38)32-37(5,6)28-30-42-35(40)26-24-22-20-18-16-14-12-10-8-2/h33,38H,7-32H2,1-6H3/q+2. The van der Waals surface area contributed by atoms with Crippen LogP contribution in [0.15, 0.2) is 0 Å². The van der Waals surface area contributed by atoms with Crippen LogP contribution >= 0.6 is 0 Å². The van der Waals surface area contributed by atoms with Crippen molar-refractivity contribution < 1.29 is 33.1 Å². The molecule has 0 saturated carbocycles. The quantitative estimate of drug-likeness (QED) is 0.0527. The summed E-state index contributed by atoms with van der Waals surface area (Å²) in [5.74, 6) is -0.215. The number of rotatable bonds is 30. The summed E-state index contributed by atoms with van der Waals surface area (Å²) in [5.41, 5.74) is 0. The van der Waals surface area contributed by atoms with Gasteiger partial charge in [-0.3, -0.25) is 9.59 Å². The molecule has 0 amide bonds. The Balaban J connectivity index is 3.92. The number of hydrogen-bond acceptors (Lipinski definition) is 5. The molecule has 250 valence electrons. The number of nitrogens with zero attached hydrogens (tertiary/aromatic N) is 2. The summed E-state index contributed by atoms with van der Waals surface area (Å²) in [7, 11) is 8.25. The molecule has 0 spiro atoms. The molecule has 0 bridgehead atoms. The van der Waals surface area contributed by atoms with E-state index in [1.54, 1.807) is 0 Å². The average molecular weight is 601 g/mol. The van der Waals surface area contributed by atoms with E-state index in [9.17, 15) is 14.7 Å². The Labute approximate surface area is 260 Å². The van der Waals surface area contributed by atoms with Crippen molar-refractivity contribution in [3.63, 3.8) is 0 Å². The summed E-state index contributed by atoms with van der Waals surface area (Å²) in [5, 5.41) is 10.8. The van der Waals surface area contributed by atoms with Crippen LogP contribution < -0.4 is 0 Å². The molecule has 0 heterocycles. The van der Waals surface area contributed by atoms with Gasteiger partial charge in [-0.15, -0.1) is 0 Å². The fraction of sp³-hybridized carbons (Fsp3) is 0.943. The van der Waals surface area contributed by atoms with Crippen molar-refractivity contribution in [2.24, 2.45) is 0 Å². The zero-order valence-corrected chi connectivity index (χ0v) is 28.9. The lowest BCUT2D eigenvalue weighted by Crippen LogP contribution is -2.54. The summed E-state index contributed by atoms with van der Waals surface area (Å²) in [6.45, 7) is 7.74. The molecule has 7 heteroatoms. The van der Waals surface area contributed by atoms with Gasteiger partial charge in [0.25, 0.3) is 0 Å². The number of ether oxygens (including phenoxy) is 2. The SMILES string of the molecule is CCCCCCCCCCCC(=O)OCC[N+](C)(C)CC(O)C[N+](C)(C)CCOC(=O)CCCCCCCCCCC. The Hall–Kier alpha value is -1.18. The Morgan fingerprint density at radius 1 is 0.524 bits per heavy atom. The van der Waals surface area contributed by atoms with Crippen molar-refractivity contribution in [3.8, 4) is 0 Å². The van der Waals surface area contributed by atoms with Gasteiger partial charge in [-0.1, -0.05) is 117 Å². The Morgan fingerprint density at radius 2 is 0.810 bits per heavy atom. The molecule has 0 aliphatic carbocycles. The predicted octanol–water partition coefficient (Wildman–Crippen LogP) is 7.43. The lowest BCUT2D eigenvalue weighted by Gasteiger charge is -2.35. The van der Waals surface area contributed by atoms with Crippen molar-refractivity contribution in [2.75, 3.05) is 67.6 Å². The molecule has 0 aliphatic heterocycles. The molecule has 0 radical (unpaired) electrons. The van der Waals surface area contributed by atoms with Crippen LogP contribution in [0.4, 0.5) is 0 Å². The van der Waals surface area contributed by atoms with Gasteiger partial charge in [0.05, 0.1) is 28.2 Å². The second-order valence-electron chi connectivity index (χ2n) is 13.9. The van der Waals surface area contributed by atoms with Crippen LogP contribution in [0, 0.1) is 0 Å². The molecule has 0 aromatic carbocycles. The molecule has 0 aromatic heterocycles. The van der Waals surface area contributed by atoms with Gasteiger partial charge in [0.15, 0.2) is 6.10 Å². The van der Waals surface area contributed by atoms with Gasteiger partial charge in [-0.05, 0) is 12.8 Å². The Bertz CT molecular complexity index is 599. The molecule has 0 unspecified atom stereocenters. The number of aliphatic hydroxyl groups excluding tert-OH is 1. The van der Waals surface area contributed by atoms with E-state index < -0.39 is 6.10 Å². The monoisotopic (exact) mass is 601 g/mol. The summed E-state index contributed by atoms with van der Waals surface area (Å²) < 4.78 is 12.1. The number of carbonyl (C=O) groups is 2. The highest BCUT2D eigenvalue weighted by atomic mass is 16.5. The van der Waals surface area contributed by atoms with Crippen LogP contribution in [0.5, 0.6) is 0 Å². The maximum atomic E-state index is 12.1. The summed E-state index contributed by atoms with van der Waals surface area (Å²) >= 11 is 0. The first kappa shape index (κ1) is 40.8. The highest BCUT2D eigenvalue weighted by molar-refractivity contribution is 5.69. The molecular formula is C35H72N2O5+2. The van der Waals surface area contributed by atoms with Gasteiger partial charge in [-0.2, -0.15) is 0 Å². The topological polar surface area (TPSA) is 72.8 Å². The Kier molecular flexibility index (Phi) is 25.5. The van der Waals surface area contributed by atoms with Crippen molar-refractivity contribution in [3.05, 3.63) is 0 Å². The summed E-state index contributed by atoms with van der Waals surface area (Å²) in [6, 6.07) is 0. The largest absolute Gasteiger partial charge is 0.460 e. The minimum Gasteiger partial charge on any atom is -0.460 e. The van der Waals surface area contributed by atoms with Gasteiger partial charge < -0.3 is 23.5 Å². The normalized spacial score (nSPS) is 12.2. The van der Waals surface area contributed by atoms with Crippen LogP contribution in [0.25, 0.3) is 0 Å². The van der Waals surface area contributed by atoms with E-state index in [-0.39, 0.29) is 11.9 Å². The number of likely N-dealkylation sites (N-methyl/N-ethyl adjacent to an activating group) is 2. The predicted molar refractivity (Wildman–Crippen MR) is 175 cm³/mol. The van der Waals surface area contributed by atoms with E-state index in [1.165, 1.54) is 89.9 Å². The van der Waals surface area contributed by atoms with Gasteiger partial charge in [0.1, 0.15) is 39.4 Å². The van der Waals surface area contributed by atoms with Crippen LogP contribution in [-0.4, -0.2) is 99.7 Å². The van der Waals surface area contributed by atoms with Crippen LogP contribution in [0.2, 0.25) is 0 Å². The van der Waals surface area contributed by atoms with Gasteiger partial charge in [0.2, 0.25) is 0 Å².